The van der Waals surface area contributed by atoms with Gasteiger partial charge in [-0.05, 0) is 61.4 Å². The van der Waals surface area contributed by atoms with Gasteiger partial charge >= 0.3 is 0 Å². The van der Waals surface area contributed by atoms with Gasteiger partial charge in [0.2, 0.25) is 5.91 Å². The Kier molecular flexibility index (Phi) is 6.04. The summed E-state index contributed by atoms with van der Waals surface area (Å²) in [6, 6.07) is 7.77. The van der Waals surface area contributed by atoms with Crippen LogP contribution in [0.2, 0.25) is 5.02 Å². The van der Waals surface area contributed by atoms with Crippen molar-refractivity contribution in [1.29, 1.82) is 0 Å². The largest absolute Gasteiger partial charge is 0.370 e. The molecule has 4 rings (SSSR count). The number of hydrogen-bond acceptors (Lipinski definition) is 4. The highest BCUT2D eigenvalue weighted by Crippen LogP contribution is 2.38. The van der Waals surface area contributed by atoms with Crippen LogP contribution in [0.25, 0.3) is 0 Å². The molecule has 31 heavy (non-hydrogen) atoms. The van der Waals surface area contributed by atoms with Gasteiger partial charge in [0.1, 0.15) is 0 Å². The molecule has 1 aromatic carbocycles. The fraction of sp³-hybridized carbons (Fsp3) is 0.458. The highest BCUT2D eigenvalue weighted by molar-refractivity contribution is 6.31. The van der Waals surface area contributed by atoms with E-state index in [1.807, 2.05) is 49.9 Å². The third-order valence-corrected chi connectivity index (χ3v) is 7.19. The van der Waals surface area contributed by atoms with Crippen molar-refractivity contribution in [1.82, 2.24) is 14.8 Å². The maximum atomic E-state index is 13.2. The van der Waals surface area contributed by atoms with E-state index in [0.717, 1.165) is 54.1 Å². The molecular formula is C24H29ClN4O2. The number of carbonyl (C=O) groups is 2. The Morgan fingerprint density at radius 3 is 2.35 bits per heavy atom. The van der Waals surface area contributed by atoms with Crippen LogP contribution in [0.4, 0.5) is 0 Å². The number of nitrogens with zero attached hydrogens (tertiary/aromatic N) is 3. The van der Waals surface area contributed by atoms with E-state index in [9.17, 15) is 9.59 Å². The summed E-state index contributed by atoms with van der Waals surface area (Å²) in [6.07, 6.45) is 2.00. The van der Waals surface area contributed by atoms with E-state index < -0.39 is 0 Å². The number of halogens is 1. The van der Waals surface area contributed by atoms with Gasteiger partial charge in [-0.15, -0.1) is 0 Å². The normalized spacial score (nSPS) is 21.9. The van der Waals surface area contributed by atoms with Gasteiger partial charge in [-0.1, -0.05) is 23.7 Å². The van der Waals surface area contributed by atoms with E-state index in [2.05, 4.69) is 9.88 Å². The van der Waals surface area contributed by atoms with Crippen LogP contribution in [0, 0.1) is 32.6 Å². The van der Waals surface area contributed by atoms with Crippen LogP contribution in [0.1, 0.15) is 45.2 Å². The molecule has 3 atom stereocenters. The highest BCUT2D eigenvalue weighted by atomic mass is 35.5. The molecule has 164 valence electrons. The SMILES string of the molecule is Cc1ccc(C(CC(N)=O)N2CC3CN(C(=O)c4c(C)ccnc4C)CC3C2)cc1Cl. The maximum absolute atomic E-state index is 13.2. The summed E-state index contributed by atoms with van der Waals surface area (Å²) in [4.78, 5) is 33.6. The molecule has 2 amide bonds. The van der Waals surface area contributed by atoms with Crippen molar-refractivity contribution >= 4 is 23.4 Å². The number of benzene rings is 1. The molecule has 0 spiro atoms. The molecule has 1 aromatic heterocycles. The molecule has 3 heterocycles. The first kappa shape index (κ1) is 21.8. The smallest absolute Gasteiger partial charge is 0.255 e. The molecule has 0 bridgehead atoms. The van der Waals surface area contributed by atoms with Gasteiger partial charge < -0.3 is 10.6 Å². The van der Waals surface area contributed by atoms with Gasteiger partial charge in [-0.2, -0.15) is 0 Å². The minimum absolute atomic E-state index is 0.0723. The lowest BCUT2D eigenvalue weighted by Gasteiger charge is -2.29. The minimum atomic E-state index is -0.321. The number of nitrogens with two attached hydrogens (primary N) is 1. The second-order valence-corrected chi connectivity index (χ2v) is 9.37. The summed E-state index contributed by atoms with van der Waals surface area (Å²) >= 11 is 6.35. The summed E-state index contributed by atoms with van der Waals surface area (Å²) in [5.74, 6) is 0.524. The van der Waals surface area contributed by atoms with Crippen molar-refractivity contribution in [3.05, 3.63) is 63.4 Å². The molecule has 2 aromatic rings. The number of hydrogen-bond donors (Lipinski definition) is 1. The van der Waals surface area contributed by atoms with Crippen LogP contribution in [0.5, 0.6) is 0 Å². The average molecular weight is 441 g/mol. The monoisotopic (exact) mass is 440 g/mol. The first-order valence-corrected chi connectivity index (χ1v) is 11.1. The van der Waals surface area contributed by atoms with E-state index in [4.69, 9.17) is 17.3 Å². The Morgan fingerprint density at radius 1 is 1.10 bits per heavy atom. The number of likely N-dealkylation sites (tertiary alicyclic amines) is 2. The van der Waals surface area contributed by atoms with Crippen LogP contribution < -0.4 is 5.73 Å². The number of aromatic nitrogens is 1. The molecule has 2 N–H and O–H groups in total. The maximum Gasteiger partial charge on any atom is 0.255 e. The van der Waals surface area contributed by atoms with E-state index >= 15 is 0 Å². The lowest BCUT2D eigenvalue weighted by atomic mass is 10.0. The zero-order valence-electron chi connectivity index (χ0n) is 18.3. The number of amides is 2. The Labute approximate surface area is 188 Å². The van der Waals surface area contributed by atoms with Gasteiger partial charge in [0.15, 0.2) is 0 Å². The van der Waals surface area contributed by atoms with E-state index in [-0.39, 0.29) is 24.3 Å². The third kappa shape index (κ3) is 4.32. The Balaban J connectivity index is 1.49. The molecule has 2 aliphatic heterocycles. The van der Waals surface area contributed by atoms with Crippen molar-refractivity contribution in [2.45, 2.75) is 33.2 Å². The number of pyridine rings is 1. The summed E-state index contributed by atoms with van der Waals surface area (Å²) < 4.78 is 0. The molecule has 0 aliphatic carbocycles. The quantitative estimate of drug-likeness (QED) is 0.773. The van der Waals surface area contributed by atoms with Crippen molar-refractivity contribution in [2.75, 3.05) is 26.2 Å². The fourth-order valence-electron chi connectivity index (χ4n) is 5.09. The number of aryl methyl sites for hydroxylation is 3. The van der Waals surface area contributed by atoms with Crippen LogP contribution in [-0.2, 0) is 4.79 Å². The molecule has 2 aliphatic rings. The predicted molar refractivity (Wildman–Crippen MR) is 121 cm³/mol. The van der Waals surface area contributed by atoms with Crippen molar-refractivity contribution in [3.8, 4) is 0 Å². The Bertz CT molecular complexity index is 990. The zero-order valence-corrected chi connectivity index (χ0v) is 19.0. The third-order valence-electron chi connectivity index (χ3n) is 6.78. The Morgan fingerprint density at radius 2 is 1.77 bits per heavy atom. The molecule has 6 nitrogen and oxygen atoms in total. The van der Waals surface area contributed by atoms with E-state index in [1.165, 1.54) is 0 Å². The van der Waals surface area contributed by atoms with Crippen LogP contribution in [-0.4, -0.2) is 52.8 Å². The molecule has 2 fully saturated rings. The molecule has 0 radical (unpaired) electrons. The average Bonchev–Trinajstić information content (AvgIpc) is 3.27. The summed E-state index contributed by atoms with van der Waals surface area (Å²) in [5.41, 5.74) is 10.1. The van der Waals surface area contributed by atoms with Crippen molar-refractivity contribution in [3.63, 3.8) is 0 Å². The second kappa shape index (κ2) is 8.60. The van der Waals surface area contributed by atoms with Crippen molar-refractivity contribution in [2.24, 2.45) is 17.6 Å². The first-order chi connectivity index (χ1) is 14.7. The molecule has 2 saturated heterocycles. The van der Waals surface area contributed by atoms with Gasteiger partial charge in [-0.3, -0.25) is 19.5 Å². The van der Waals surface area contributed by atoms with Crippen LogP contribution >= 0.6 is 11.6 Å². The minimum Gasteiger partial charge on any atom is -0.370 e. The zero-order chi connectivity index (χ0) is 22.3. The number of rotatable bonds is 5. The van der Waals surface area contributed by atoms with Gasteiger partial charge in [0.25, 0.3) is 5.91 Å². The number of fused-ring (bicyclic) bond motifs is 1. The molecule has 7 heteroatoms. The predicted octanol–water partition coefficient (Wildman–Crippen LogP) is 3.28. The standard InChI is InChI=1S/C24H29ClN4O2/c1-14-4-5-17(8-20(14)25)21(9-22(26)30)28-10-18-12-29(13-19(18)11-28)24(31)23-15(2)6-7-27-16(23)3/h4-8,18-19,21H,9-13H2,1-3H3,(H2,26,30). The number of primary amides is 1. The van der Waals surface area contributed by atoms with Crippen LogP contribution in [0.15, 0.2) is 30.5 Å². The second-order valence-electron chi connectivity index (χ2n) is 8.97. The first-order valence-electron chi connectivity index (χ1n) is 10.7. The lowest BCUT2D eigenvalue weighted by molar-refractivity contribution is -0.119. The lowest BCUT2D eigenvalue weighted by Crippen LogP contribution is -2.36. The van der Waals surface area contributed by atoms with E-state index in [0.29, 0.717) is 16.9 Å². The molecular weight excluding hydrogens is 412 g/mol. The number of carbonyl (C=O) groups excluding carboxylic acids is 2. The van der Waals surface area contributed by atoms with Gasteiger partial charge in [0, 0.05) is 49.9 Å². The van der Waals surface area contributed by atoms with Gasteiger partial charge in [0.05, 0.1) is 11.3 Å². The highest BCUT2D eigenvalue weighted by Gasteiger charge is 2.44. The summed E-state index contributed by atoms with van der Waals surface area (Å²) in [5, 5.41) is 0.699. The summed E-state index contributed by atoms with van der Waals surface area (Å²) in [6.45, 7) is 8.94. The van der Waals surface area contributed by atoms with E-state index in [1.54, 1.807) is 6.20 Å². The molecule has 3 unspecified atom stereocenters. The Hall–Kier alpha value is -2.44. The van der Waals surface area contributed by atoms with Gasteiger partial charge in [-0.25, -0.2) is 0 Å². The van der Waals surface area contributed by atoms with Crippen molar-refractivity contribution < 1.29 is 9.59 Å². The fourth-order valence-corrected chi connectivity index (χ4v) is 5.28. The van der Waals surface area contributed by atoms with Crippen LogP contribution in [0.3, 0.4) is 0 Å². The topological polar surface area (TPSA) is 79.5 Å². The molecule has 0 saturated carbocycles. The summed E-state index contributed by atoms with van der Waals surface area (Å²) in [7, 11) is 0.